The number of halogens is 2. The summed E-state index contributed by atoms with van der Waals surface area (Å²) in [6.07, 6.45) is -0.933. The molecule has 39 heavy (non-hydrogen) atoms. The lowest BCUT2D eigenvalue weighted by molar-refractivity contribution is 0.0740. The molecular weight excluding hydrogens is 514 g/mol. The second kappa shape index (κ2) is 13.2. The molecule has 2 aromatic rings. The van der Waals surface area contributed by atoms with Gasteiger partial charge in [-0.15, -0.1) is 0 Å². The van der Waals surface area contributed by atoms with E-state index in [0.29, 0.717) is 12.8 Å². The number of nitrogens with one attached hydrogen (secondary N) is 1. The van der Waals surface area contributed by atoms with Gasteiger partial charge < -0.3 is 40.6 Å². The lowest BCUT2D eigenvalue weighted by Crippen LogP contribution is -2.34. The van der Waals surface area contributed by atoms with Crippen molar-refractivity contribution in [2.75, 3.05) is 45.6 Å². The summed E-state index contributed by atoms with van der Waals surface area (Å²) < 4.78 is 49.6. The summed E-state index contributed by atoms with van der Waals surface area (Å²) >= 11 is 0. The molecule has 1 aliphatic rings. The highest BCUT2D eigenvalue weighted by atomic mass is 19.1. The van der Waals surface area contributed by atoms with Gasteiger partial charge in [-0.3, -0.25) is 9.59 Å². The minimum atomic E-state index is -1.15. The Balaban J connectivity index is 1.69. The smallest absolute Gasteiger partial charge is 0.256 e. The molecule has 1 saturated heterocycles. The third-order valence-electron chi connectivity index (χ3n) is 6.45. The number of hydrogen-bond acceptors (Lipinski definition) is 8. The molecule has 5 N–H and O–H groups in total. The van der Waals surface area contributed by atoms with Crippen LogP contribution in [0.2, 0.25) is 0 Å². The highest BCUT2D eigenvalue weighted by molar-refractivity contribution is 6.01. The number of amides is 2. The average molecular weight is 551 g/mol. The molecule has 0 bridgehead atoms. The van der Waals surface area contributed by atoms with Crippen molar-refractivity contribution >= 4 is 23.2 Å². The third-order valence-corrected chi connectivity index (χ3v) is 6.45. The maximum Gasteiger partial charge on any atom is 0.256 e. The number of nitrogens with zero attached hydrogens (tertiary/aromatic N) is 1. The zero-order valence-electron chi connectivity index (χ0n) is 22.6. The van der Waals surface area contributed by atoms with Crippen molar-refractivity contribution in [1.29, 1.82) is 0 Å². The molecule has 0 radical (unpaired) electrons. The molecule has 0 saturated carbocycles. The largest absolute Gasteiger partial charge is 0.493 e. The Labute approximate surface area is 226 Å². The summed E-state index contributed by atoms with van der Waals surface area (Å²) in [7, 11) is 2.80. The molecule has 0 spiro atoms. The molecule has 0 aliphatic carbocycles. The number of anilines is 2. The molecule has 3 rings (SSSR count). The summed E-state index contributed by atoms with van der Waals surface area (Å²) in [5.74, 6) is -0.0802. The minimum Gasteiger partial charge on any atom is -0.493 e. The van der Waals surface area contributed by atoms with E-state index in [4.69, 9.17) is 30.4 Å². The summed E-state index contributed by atoms with van der Waals surface area (Å²) in [4.78, 5) is 26.9. The van der Waals surface area contributed by atoms with Gasteiger partial charge in [0.15, 0.2) is 23.0 Å². The third kappa shape index (κ3) is 7.12. The number of nitrogens with two attached hydrogens (primary N) is 2. The van der Waals surface area contributed by atoms with Gasteiger partial charge in [-0.2, -0.15) is 0 Å². The molecule has 2 amide bonds. The maximum absolute atomic E-state index is 13.8. The number of ether oxygens (including phenoxy) is 4. The molecule has 0 unspecified atom stereocenters. The monoisotopic (exact) mass is 550 g/mol. The number of hydrogen-bond donors (Lipinski definition) is 3. The second-order valence-corrected chi connectivity index (χ2v) is 9.32. The average Bonchev–Trinajstić information content (AvgIpc) is 3.24. The lowest BCUT2D eigenvalue weighted by Gasteiger charge is -2.22. The van der Waals surface area contributed by atoms with Gasteiger partial charge in [-0.25, -0.2) is 8.78 Å². The van der Waals surface area contributed by atoms with Crippen LogP contribution in [-0.2, 0) is 0 Å². The van der Waals surface area contributed by atoms with Crippen LogP contribution >= 0.6 is 0 Å². The fourth-order valence-corrected chi connectivity index (χ4v) is 4.35. The predicted molar refractivity (Wildman–Crippen MR) is 143 cm³/mol. The van der Waals surface area contributed by atoms with E-state index in [9.17, 15) is 18.4 Å². The summed E-state index contributed by atoms with van der Waals surface area (Å²) in [5, 5.41) is 2.53. The lowest BCUT2D eigenvalue weighted by atomic mass is 10.1. The number of nitrogen functional groups attached to an aromatic ring is 2. The van der Waals surface area contributed by atoms with Crippen molar-refractivity contribution in [2.24, 2.45) is 0 Å². The van der Waals surface area contributed by atoms with Gasteiger partial charge in [-0.1, -0.05) is 13.3 Å². The van der Waals surface area contributed by atoms with E-state index in [0.717, 1.165) is 0 Å². The summed E-state index contributed by atoms with van der Waals surface area (Å²) in [5.41, 5.74) is 12.7. The molecule has 1 fully saturated rings. The Morgan fingerprint density at radius 2 is 1.59 bits per heavy atom. The van der Waals surface area contributed by atoms with E-state index in [1.165, 1.54) is 43.4 Å². The van der Waals surface area contributed by atoms with E-state index in [1.807, 2.05) is 6.92 Å². The molecule has 0 aromatic heterocycles. The van der Waals surface area contributed by atoms with Gasteiger partial charge in [0.05, 0.1) is 31.9 Å². The van der Waals surface area contributed by atoms with E-state index in [1.54, 1.807) is 6.92 Å². The van der Waals surface area contributed by atoms with Gasteiger partial charge in [0.1, 0.15) is 12.3 Å². The van der Waals surface area contributed by atoms with Crippen LogP contribution in [0.15, 0.2) is 24.3 Å². The second-order valence-electron chi connectivity index (χ2n) is 9.32. The number of carbonyl (C=O) groups is 2. The van der Waals surface area contributed by atoms with Crippen molar-refractivity contribution < 1.29 is 37.3 Å². The van der Waals surface area contributed by atoms with Crippen LogP contribution < -0.4 is 35.7 Å². The topological polar surface area (TPSA) is 138 Å². The zero-order valence-corrected chi connectivity index (χ0v) is 22.6. The van der Waals surface area contributed by atoms with E-state index >= 15 is 0 Å². The molecule has 3 atom stereocenters. The van der Waals surface area contributed by atoms with Gasteiger partial charge in [0.2, 0.25) is 6.79 Å². The first kappa shape index (κ1) is 29.6. The van der Waals surface area contributed by atoms with Crippen molar-refractivity contribution in [1.82, 2.24) is 10.2 Å². The van der Waals surface area contributed by atoms with Crippen LogP contribution in [0.1, 0.15) is 53.8 Å². The number of likely N-dealkylation sites (tertiary alicyclic amines) is 1. The fraction of sp³-hybridized carbons (Fsp3) is 0.481. The Kier molecular flexibility index (Phi) is 10.0. The Bertz CT molecular complexity index is 1180. The van der Waals surface area contributed by atoms with Crippen molar-refractivity contribution in [3.05, 3.63) is 35.4 Å². The van der Waals surface area contributed by atoms with Crippen LogP contribution in [0.25, 0.3) is 0 Å². The highest BCUT2D eigenvalue weighted by Gasteiger charge is 2.34. The van der Waals surface area contributed by atoms with E-state index < -0.39 is 24.2 Å². The number of methoxy groups -OCH3 is 2. The van der Waals surface area contributed by atoms with Crippen LogP contribution in [0.5, 0.6) is 23.0 Å². The van der Waals surface area contributed by atoms with Crippen LogP contribution in [0.3, 0.4) is 0 Å². The molecule has 214 valence electrons. The molecule has 1 aliphatic heterocycles. The highest BCUT2D eigenvalue weighted by Crippen LogP contribution is 2.36. The van der Waals surface area contributed by atoms with E-state index in [-0.39, 0.29) is 77.8 Å². The quantitative estimate of drug-likeness (QED) is 0.269. The Morgan fingerprint density at radius 1 is 1.03 bits per heavy atom. The molecular formula is C27H36F2N4O6. The van der Waals surface area contributed by atoms with Crippen molar-refractivity contribution in [2.45, 2.75) is 51.5 Å². The fourth-order valence-electron chi connectivity index (χ4n) is 4.35. The standard InChI is InChI=1S/C27H36F2N4O6/c1-5-6-16(28)12-32-26(34)18-8-22(36-3)24(10-20(18)30)38-14-39-25-11-21(31)19(9-23(25)37-4)27(35)33-13-17(29)7-15(33)2/h8-11,15-17H,5-7,12-14,30-31H2,1-4H3,(H,32,34)/t15-,16+,17+/m1/s1. The molecule has 1 heterocycles. The summed E-state index contributed by atoms with van der Waals surface area (Å²) in [6, 6.07) is 5.42. The van der Waals surface area contributed by atoms with Crippen molar-refractivity contribution in [3.8, 4) is 23.0 Å². The SMILES string of the molecule is CCC[C@H](F)CNC(=O)c1cc(OC)c(OCOc2cc(N)c(C(=O)N3C[C@@H](F)C[C@H]3C)cc2OC)cc1N. The van der Waals surface area contributed by atoms with Crippen LogP contribution in [0.4, 0.5) is 20.2 Å². The Morgan fingerprint density at radius 3 is 2.10 bits per heavy atom. The van der Waals surface area contributed by atoms with Crippen LogP contribution in [0, 0.1) is 0 Å². The number of rotatable bonds is 12. The van der Waals surface area contributed by atoms with Gasteiger partial charge >= 0.3 is 0 Å². The zero-order chi connectivity index (χ0) is 28.7. The Hall–Kier alpha value is -3.96. The predicted octanol–water partition coefficient (Wildman–Crippen LogP) is 3.72. The van der Waals surface area contributed by atoms with Gasteiger partial charge in [0.25, 0.3) is 11.8 Å². The maximum atomic E-state index is 13.8. The van der Waals surface area contributed by atoms with Gasteiger partial charge in [0, 0.05) is 42.5 Å². The molecule has 10 nitrogen and oxygen atoms in total. The normalized spacial score (nSPS) is 17.4. The van der Waals surface area contributed by atoms with Gasteiger partial charge in [-0.05, 0) is 25.5 Å². The minimum absolute atomic E-state index is 0.00842. The molecule has 2 aromatic carbocycles. The number of carbonyl (C=O) groups excluding carboxylic acids is 2. The first-order valence-corrected chi connectivity index (χ1v) is 12.7. The number of alkyl halides is 2. The van der Waals surface area contributed by atoms with E-state index in [2.05, 4.69) is 5.32 Å². The van der Waals surface area contributed by atoms with Crippen molar-refractivity contribution in [3.63, 3.8) is 0 Å². The number of benzene rings is 2. The first-order chi connectivity index (χ1) is 18.6. The molecule has 12 heteroatoms. The first-order valence-electron chi connectivity index (χ1n) is 12.7. The summed E-state index contributed by atoms with van der Waals surface area (Å²) in [6.45, 7) is 3.21. The van der Waals surface area contributed by atoms with Crippen LogP contribution in [-0.4, -0.2) is 69.2 Å².